The normalized spacial score (nSPS) is 14.8. The van der Waals surface area contributed by atoms with Gasteiger partial charge < -0.3 is 9.36 Å². The highest BCUT2D eigenvalue weighted by molar-refractivity contribution is 8.13. The Labute approximate surface area is 248 Å². The molecule has 0 bridgehead atoms. The molecule has 0 radical (unpaired) electrons. The lowest BCUT2D eigenvalue weighted by molar-refractivity contribution is -0.138. The molecule has 2 heterocycles. The van der Waals surface area contributed by atoms with Gasteiger partial charge in [-0.05, 0) is 56.3 Å². The summed E-state index contributed by atoms with van der Waals surface area (Å²) in [6, 6.07) is 7.84. The second-order valence-electron chi connectivity index (χ2n) is 10.3. The Morgan fingerprint density at radius 2 is 1.48 bits per heavy atom. The Morgan fingerprint density at radius 1 is 0.909 bits per heavy atom. The number of aromatic nitrogens is 1. The molecule has 0 atom stereocenters. The van der Waals surface area contributed by atoms with Gasteiger partial charge in [0.25, 0.3) is 11.8 Å². The maximum absolute atomic E-state index is 15.7. The van der Waals surface area contributed by atoms with Crippen LogP contribution < -0.4 is 4.90 Å². The Bertz CT molecular complexity index is 1730. The van der Waals surface area contributed by atoms with Gasteiger partial charge in [0.05, 0.1) is 16.8 Å². The van der Waals surface area contributed by atoms with Gasteiger partial charge in [0.2, 0.25) is 0 Å². The number of carbonyl (C=O) groups is 2. The second-order valence-corrected chi connectivity index (χ2v) is 11.4. The van der Waals surface area contributed by atoms with Crippen molar-refractivity contribution in [2.45, 2.75) is 44.0 Å². The summed E-state index contributed by atoms with van der Waals surface area (Å²) in [5.74, 6) is -3.85. The summed E-state index contributed by atoms with van der Waals surface area (Å²) in [6.07, 6.45) is -9.21. The van der Waals surface area contributed by atoms with Crippen LogP contribution in [0.25, 0.3) is 11.0 Å². The number of oxime groups is 1. The van der Waals surface area contributed by atoms with E-state index in [-0.39, 0.29) is 27.3 Å². The predicted octanol–water partition coefficient (Wildman–Crippen LogP) is 8.24. The monoisotopic (exact) mass is 639 g/mol. The maximum atomic E-state index is 15.7. The zero-order valence-corrected chi connectivity index (χ0v) is 23.5. The quantitative estimate of drug-likeness (QED) is 0.162. The molecule has 230 valence electrons. The summed E-state index contributed by atoms with van der Waals surface area (Å²) >= 11 is 1.26. The first-order chi connectivity index (χ1) is 20.5. The minimum Gasteiger partial charge on any atom is -0.389 e. The van der Waals surface area contributed by atoms with Crippen molar-refractivity contribution < 1.29 is 49.7 Å². The highest BCUT2D eigenvalue weighted by atomic mass is 32.2. The van der Waals surface area contributed by atoms with Gasteiger partial charge >= 0.3 is 12.4 Å². The minimum absolute atomic E-state index is 0.0966. The molecule has 15 heteroatoms. The van der Waals surface area contributed by atoms with Gasteiger partial charge in [0.15, 0.2) is 5.58 Å². The first kappa shape index (κ1) is 31.0. The fraction of sp³-hybridized carbons (Fsp3) is 0.241. The lowest BCUT2D eigenvalue weighted by Gasteiger charge is -2.22. The number of thioether (sulfide) groups is 1. The van der Waals surface area contributed by atoms with Crippen molar-refractivity contribution in [3.63, 3.8) is 0 Å². The molecule has 0 saturated carbocycles. The molecule has 7 nitrogen and oxygen atoms in total. The van der Waals surface area contributed by atoms with Crippen molar-refractivity contribution in [2.75, 3.05) is 4.90 Å². The van der Waals surface area contributed by atoms with Gasteiger partial charge in [-0.15, -0.1) is 11.8 Å². The van der Waals surface area contributed by atoms with E-state index in [1.54, 1.807) is 0 Å². The largest absolute Gasteiger partial charge is 0.416 e. The zero-order chi connectivity index (χ0) is 32.0. The van der Waals surface area contributed by atoms with Gasteiger partial charge in [0.1, 0.15) is 22.2 Å². The van der Waals surface area contributed by atoms with Crippen LogP contribution in [0.1, 0.15) is 57.8 Å². The number of benzene rings is 3. The molecule has 0 saturated heterocycles. The topological polar surface area (TPSA) is 85.0 Å². The summed E-state index contributed by atoms with van der Waals surface area (Å²) in [5, 5.41) is 8.73. The van der Waals surface area contributed by atoms with Crippen LogP contribution in [0.3, 0.4) is 0 Å². The average Bonchev–Trinajstić information content (AvgIpc) is 3.52. The number of hydrogen-bond donors (Lipinski definition) is 0. The van der Waals surface area contributed by atoms with E-state index in [1.165, 1.54) is 11.8 Å². The third-order valence-corrected chi connectivity index (χ3v) is 7.45. The van der Waals surface area contributed by atoms with E-state index < -0.39 is 63.5 Å². The first-order valence-electron chi connectivity index (χ1n) is 12.7. The van der Waals surface area contributed by atoms with Crippen LogP contribution in [-0.2, 0) is 22.9 Å². The number of imide groups is 1. The SMILES string of the molecule is CC1(C)CC(SCc2noc3cc(N(C(=O)c4cccc(C(F)(F)F)c4)C(=O)c4cccc(C(F)(F)F)c4)c(F)cc23)=NO1. The Morgan fingerprint density at radius 3 is 1.98 bits per heavy atom. The Hall–Kier alpha value is -4.40. The fourth-order valence-corrected chi connectivity index (χ4v) is 5.38. The van der Waals surface area contributed by atoms with Crippen molar-refractivity contribution >= 4 is 45.3 Å². The molecular formula is C29H20F7N3O4S. The Kier molecular flexibility index (Phi) is 7.95. The zero-order valence-electron chi connectivity index (χ0n) is 22.7. The highest BCUT2D eigenvalue weighted by Crippen LogP contribution is 2.36. The lowest BCUT2D eigenvalue weighted by Crippen LogP contribution is -2.38. The number of nitrogens with zero attached hydrogens (tertiary/aromatic N) is 3. The summed E-state index contributed by atoms with van der Waals surface area (Å²) < 4.78 is 101. The number of anilines is 1. The van der Waals surface area contributed by atoms with Crippen LogP contribution in [0.2, 0.25) is 0 Å². The van der Waals surface area contributed by atoms with Crippen molar-refractivity contribution in [1.82, 2.24) is 5.16 Å². The van der Waals surface area contributed by atoms with E-state index in [0.29, 0.717) is 35.7 Å². The summed E-state index contributed by atoms with van der Waals surface area (Å²) in [5.41, 5.74) is -4.88. The van der Waals surface area contributed by atoms with E-state index in [2.05, 4.69) is 10.3 Å². The molecule has 0 unspecified atom stereocenters. The van der Waals surface area contributed by atoms with Crippen molar-refractivity contribution in [3.05, 3.63) is 94.4 Å². The lowest BCUT2D eigenvalue weighted by atomic mass is 10.1. The third-order valence-electron chi connectivity index (χ3n) is 6.48. The summed E-state index contributed by atoms with van der Waals surface area (Å²) in [6.45, 7) is 3.69. The van der Waals surface area contributed by atoms with E-state index in [9.17, 15) is 35.9 Å². The molecular weight excluding hydrogens is 619 g/mol. The van der Waals surface area contributed by atoms with E-state index >= 15 is 4.39 Å². The van der Waals surface area contributed by atoms with Gasteiger partial charge in [-0.2, -0.15) is 26.3 Å². The second kappa shape index (κ2) is 11.3. The number of halogens is 7. The molecule has 5 rings (SSSR count). The smallest absolute Gasteiger partial charge is 0.389 e. The fourth-order valence-electron chi connectivity index (χ4n) is 4.33. The molecule has 44 heavy (non-hydrogen) atoms. The summed E-state index contributed by atoms with van der Waals surface area (Å²) in [7, 11) is 0. The number of amides is 2. The number of carbonyl (C=O) groups excluding carboxylic acids is 2. The molecule has 3 aromatic carbocycles. The van der Waals surface area contributed by atoms with E-state index in [1.807, 2.05) is 13.8 Å². The molecule has 0 fully saturated rings. The predicted molar refractivity (Wildman–Crippen MR) is 147 cm³/mol. The van der Waals surface area contributed by atoms with Gasteiger partial charge in [-0.3, -0.25) is 9.59 Å². The van der Waals surface area contributed by atoms with Crippen molar-refractivity contribution in [1.29, 1.82) is 0 Å². The molecule has 1 aromatic heterocycles. The highest BCUT2D eigenvalue weighted by Gasteiger charge is 2.36. The van der Waals surface area contributed by atoms with Gasteiger partial charge in [-0.1, -0.05) is 22.4 Å². The molecule has 0 spiro atoms. The number of fused-ring (bicyclic) bond motifs is 1. The van der Waals surface area contributed by atoms with Crippen molar-refractivity contribution in [2.24, 2.45) is 5.16 Å². The van der Waals surface area contributed by atoms with Gasteiger partial charge in [-0.25, -0.2) is 9.29 Å². The van der Waals surface area contributed by atoms with Crippen LogP contribution in [-0.4, -0.2) is 27.6 Å². The molecule has 0 aliphatic carbocycles. The van der Waals surface area contributed by atoms with E-state index in [0.717, 1.165) is 36.4 Å². The van der Waals surface area contributed by atoms with Crippen LogP contribution >= 0.6 is 11.8 Å². The number of hydrogen-bond acceptors (Lipinski definition) is 7. The summed E-state index contributed by atoms with van der Waals surface area (Å²) in [4.78, 5) is 32.7. The number of rotatable bonds is 5. The van der Waals surface area contributed by atoms with E-state index in [4.69, 9.17) is 9.36 Å². The van der Waals surface area contributed by atoms with Crippen molar-refractivity contribution in [3.8, 4) is 0 Å². The first-order valence-corrected chi connectivity index (χ1v) is 13.7. The van der Waals surface area contributed by atoms with Crippen LogP contribution in [0.4, 0.5) is 36.4 Å². The molecule has 2 amide bonds. The average molecular weight is 640 g/mol. The van der Waals surface area contributed by atoms with Gasteiger partial charge in [0, 0.05) is 34.8 Å². The number of alkyl halides is 6. The molecule has 0 N–H and O–H groups in total. The minimum atomic E-state index is -4.86. The molecule has 4 aromatic rings. The molecule has 1 aliphatic heterocycles. The van der Waals surface area contributed by atoms with Crippen LogP contribution in [0.5, 0.6) is 0 Å². The standard InChI is InChI=1S/C29H20F7N3O4S/c1-27(2)13-24(38-43-27)44-14-21-19-11-20(30)22(12-23(19)42-37-21)39(25(40)15-5-3-7-17(9-15)28(31,32)33)26(41)16-6-4-8-18(10-16)29(34,35)36/h3-12H,13-14H2,1-2H3. The Balaban J connectivity index is 1.56. The maximum Gasteiger partial charge on any atom is 0.416 e. The molecule has 1 aliphatic rings. The third kappa shape index (κ3) is 6.42. The van der Waals surface area contributed by atoms with Crippen LogP contribution in [0, 0.1) is 5.82 Å². The van der Waals surface area contributed by atoms with Crippen LogP contribution in [0.15, 0.2) is 70.3 Å².